The zero-order chi connectivity index (χ0) is 24.7. The molecule has 4 aromatic rings. The summed E-state index contributed by atoms with van der Waals surface area (Å²) in [5.41, 5.74) is -2.66. The number of oxazole rings is 1. The Balaban J connectivity index is 1.66. The van der Waals surface area contributed by atoms with Crippen LogP contribution < -0.4 is 10.1 Å². The average Bonchev–Trinajstić information content (AvgIpc) is 3.20. The van der Waals surface area contributed by atoms with Crippen LogP contribution in [-0.4, -0.2) is 18.0 Å². The molecule has 1 aromatic heterocycles. The number of alkyl halides is 6. The second kappa shape index (κ2) is 8.40. The van der Waals surface area contributed by atoms with E-state index in [9.17, 15) is 31.1 Å². The lowest BCUT2D eigenvalue weighted by molar-refractivity contribution is -0.143. The number of benzene rings is 3. The fraction of sp³-hybridized carbons (Fsp3) is 0.130. The largest absolute Gasteiger partial charge is 0.496 e. The van der Waals surface area contributed by atoms with Crippen molar-refractivity contribution in [3.8, 4) is 17.2 Å². The van der Waals surface area contributed by atoms with Crippen LogP contribution in [-0.2, 0) is 12.4 Å². The summed E-state index contributed by atoms with van der Waals surface area (Å²) in [6, 6.07) is 11.9. The van der Waals surface area contributed by atoms with Crippen molar-refractivity contribution in [3.05, 3.63) is 77.4 Å². The van der Waals surface area contributed by atoms with E-state index in [2.05, 4.69) is 10.3 Å². The van der Waals surface area contributed by atoms with Gasteiger partial charge in [-0.1, -0.05) is 12.1 Å². The number of carbonyl (C=O) groups excluding carboxylic acids is 1. The Bertz CT molecular complexity index is 1340. The van der Waals surface area contributed by atoms with Gasteiger partial charge < -0.3 is 14.5 Å². The number of anilines is 1. The highest BCUT2D eigenvalue weighted by molar-refractivity contribution is 6.05. The molecular formula is C23H14F6N2O3. The van der Waals surface area contributed by atoms with Crippen LogP contribution in [0.15, 0.2) is 65.1 Å². The van der Waals surface area contributed by atoms with Gasteiger partial charge in [-0.05, 0) is 42.5 Å². The van der Waals surface area contributed by atoms with Gasteiger partial charge in [0.05, 0.1) is 23.8 Å². The van der Waals surface area contributed by atoms with Gasteiger partial charge in [-0.15, -0.1) is 0 Å². The molecule has 0 aliphatic rings. The van der Waals surface area contributed by atoms with Gasteiger partial charge in [-0.3, -0.25) is 4.79 Å². The van der Waals surface area contributed by atoms with Gasteiger partial charge in [-0.2, -0.15) is 26.3 Å². The van der Waals surface area contributed by atoms with Crippen molar-refractivity contribution in [1.29, 1.82) is 0 Å². The average molecular weight is 480 g/mol. The molecule has 4 rings (SSSR count). The van der Waals surface area contributed by atoms with Crippen molar-refractivity contribution in [2.24, 2.45) is 0 Å². The van der Waals surface area contributed by atoms with Crippen molar-refractivity contribution >= 4 is 22.7 Å². The minimum atomic E-state index is -5.07. The molecule has 11 heteroatoms. The normalized spacial score (nSPS) is 12.1. The molecule has 0 aliphatic heterocycles. The first kappa shape index (κ1) is 23.1. The van der Waals surface area contributed by atoms with E-state index in [1.54, 1.807) is 24.3 Å². The Morgan fingerprint density at radius 3 is 2.18 bits per heavy atom. The molecule has 1 heterocycles. The van der Waals surface area contributed by atoms with Crippen molar-refractivity contribution in [2.45, 2.75) is 12.4 Å². The first-order chi connectivity index (χ1) is 16.0. The Hall–Kier alpha value is -4.02. The molecule has 3 aromatic carbocycles. The van der Waals surface area contributed by atoms with Crippen molar-refractivity contribution in [1.82, 2.24) is 4.98 Å². The number of amides is 1. The van der Waals surface area contributed by atoms with Crippen molar-refractivity contribution in [2.75, 3.05) is 12.4 Å². The number of nitrogens with one attached hydrogen (secondary N) is 1. The lowest BCUT2D eigenvalue weighted by Gasteiger charge is -2.14. The standard InChI is InChI=1S/C23H14F6N2O3/c1-33-18-5-3-2-4-16(18)21-31-17-7-6-15(11-19(17)34-21)30-20(32)12-8-13(22(24,25)26)10-14(9-12)23(27,28)29/h2-11H,1H3,(H,30,32). The maximum atomic E-state index is 13.1. The molecule has 5 nitrogen and oxygen atoms in total. The van der Waals surface area contributed by atoms with Crippen LogP contribution in [0.25, 0.3) is 22.6 Å². The Morgan fingerprint density at radius 2 is 1.56 bits per heavy atom. The highest BCUT2D eigenvalue weighted by atomic mass is 19.4. The summed E-state index contributed by atoms with van der Waals surface area (Å²) < 4.78 is 89.4. The summed E-state index contributed by atoms with van der Waals surface area (Å²) in [6.07, 6.45) is -10.1. The molecule has 0 aliphatic carbocycles. The van der Waals surface area contributed by atoms with Gasteiger partial charge in [0, 0.05) is 17.3 Å². The van der Waals surface area contributed by atoms with E-state index in [-0.39, 0.29) is 23.2 Å². The maximum absolute atomic E-state index is 13.1. The lowest BCUT2D eigenvalue weighted by Crippen LogP contribution is -2.17. The fourth-order valence-corrected chi connectivity index (χ4v) is 3.23. The highest BCUT2D eigenvalue weighted by Crippen LogP contribution is 2.37. The van der Waals surface area contributed by atoms with Crippen LogP contribution >= 0.6 is 0 Å². The van der Waals surface area contributed by atoms with E-state index in [1.165, 1.54) is 25.3 Å². The van der Waals surface area contributed by atoms with Gasteiger partial charge in [0.2, 0.25) is 5.89 Å². The molecule has 0 spiro atoms. The van der Waals surface area contributed by atoms with Crippen molar-refractivity contribution in [3.63, 3.8) is 0 Å². The van der Waals surface area contributed by atoms with Gasteiger partial charge in [0.25, 0.3) is 5.91 Å². The van der Waals surface area contributed by atoms with Crippen LogP contribution in [0.4, 0.5) is 32.0 Å². The van der Waals surface area contributed by atoms with Gasteiger partial charge in [0.15, 0.2) is 5.58 Å². The molecular weight excluding hydrogens is 466 g/mol. The van der Waals surface area contributed by atoms with E-state index < -0.39 is 35.0 Å². The molecule has 0 atom stereocenters. The Labute approximate surface area is 188 Å². The second-order valence-corrected chi connectivity index (χ2v) is 7.15. The number of aromatic nitrogens is 1. The van der Waals surface area contributed by atoms with E-state index in [0.29, 0.717) is 29.0 Å². The zero-order valence-corrected chi connectivity index (χ0v) is 17.2. The third-order valence-corrected chi connectivity index (χ3v) is 4.83. The number of rotatable bonds is 4. The van der Waals surface area contributed by atoms with Gasteiger partial charge >= 0.3 is 12.4 Å². The maximum Gasteiger partial charge on any atom is 0.416 e. The van der Waals surface area contributed by atoms with Gasteiger partial charge in [-0.25, -0.2) is 4.98 Å². The van der Waals surface area contributed by atoms with Gasteiger partial charge in [0.1, 0.15) is 11.3 Å². The first-order valence-corrected chi connectivity index (χ1v) is 9.60. The number of ether oxygens (including phenoxy) is 1. The van der Waals surface area contributed by atoms with E-state index in [4.69, 9.17) is 9.15 Å². The van der Waals surface area contributed by atoms with E-state index >= 15 is 0 Å². The quantitative estimate of drug-likeness (QED) is 0.327. The molecule has 0 fully saturated rings. The minimum absolute atomic E-state index is 0.0449. The van der Waals surface area contributed by atoms with Crippen LogP contribution in [0, 0.1) is 0 Å². The van der Waals surface area contributed by atoms with Crippen molar-refractivity contribution < 1.29 is 40.3 Å². The monoisotopic (exact) mass is 480 g/mol. The molecule has 0 unspecified atom stereocenters. The zero-order valence-electron chi connectivity index (χ0n) is 17.2. The molecule has 176 valence electrons. The predicted molar refractivity (Wildman–Crippen MR) is 110 cm³/mol. The Kier molecular flexibility index (Phi) is 5.72. The number of para-hydroxylation sites is 1. The Morgan fingerprint density at radius 1 is 0.912 bits per heavy atom. The number of halogens is 6. The van der Waals surface area contributed by atoms with Crippen LogP contribution in [0.1, 0.15) is 21.5 Å². The SMILES string of the molecule is COc1ccccc1-c1nc2ccc(NC(=O)c3cc(C(F)(F)F)cc(C(F)(F)F)c3)cc2o1. The molecule has 0 radical (unpaired) electrons. The smallest absolute Gasteiger partial charge is 0.416 e. The van der Waals surface area contributed by atoms with Crippen LogP contribution in [0.5, 0.6) is 5.75 Å². The third kappa shape index (κ3) is 4.68. The summed E-state index contributed by atoms with van der Waals surface area (Å²) in [6.45, 7) is 0. The third-order valence-electron chi connectivity index (χ3n) is 4.83. The topological polar surface area (TPSA) is 64.4 Å². The molecule has 1 N–H and O–H groups in total. The molecule has 0 saturated carbocycles. The summed E-state index contributed by atoms with van der Waals surface area (Å²) in [4.78, 5) is 16.8. The lowest BCUT2D eigenvalue weighted by atomic mass is 10.0. The van der Waals surface area contributed by atoms with E-state index in [0.717, 1.165) is 0 Å². The molecule has 0 saturated heterocycles. The van der Waals surface area contributed by atoms with Crippen LogP contribution in [0.2, 0.25) is 0 Å². The summed E-state index contributed by atoms with van der Waals surface area (Å²) in [7, 11) is 1.48. The fourth-order valence-electron chi connectivity index (χ4n) is 3.23. The number of carbonyl (C=O) groups is 1. The number of methoxy groups -OCH3 is 1. The molecule has 34 heavy (non-hydrogen) atoms. The van der Waals surface area contributed by atoms with Crippen LogP contribution in [0.3, 0.4) is 0 Å². The summed E-state index contributed by atoms with van der Waals surface area (Å²) in [5.74, 6) is -0.420. The number of nitrogens with zero attached hydrogens (tertiary/aromatic N) is 1. The number of fused-ring (bicyclic) bond motifs is 1. The molecule has 1 amide bonds. The highest BCUT2D eigenvalue weighted by Gasteiger charge is 2.37. The first-order valence-electron chi connectivity index (χ1n) is 9.60. The summed E-state index contributed by atoms with van der Waals surface area (Å²) >= 11 is 0. The molecule has 0 bridgehead atoms. The minimum Gasteiger partial charge on any atom is -0.496 e. The second-order valence-electron chi connectivity index (χ2n) is 7.15. The predicted octanol–water partition coefficient (Wildman–Crippen LogP) is 6.79. The summed E-state index contributed by atoms with van der Waals surface area (Å²) in [5, 5.41) is 2.29. The number of hydrogen-bond donors (Lipinski definition) is 1. The van der Waals surface area contributed by atoms with E-state index in [1.807, 2.05) is 0 Å². The number of hydrogen-bond acceptors (Lipinski definition) is 4.